The van der Waals surface area contributed by atoms with Crippen LogP contribution in [0.4, 0.5) is 5.95 Å². The molecule has 0 aliphatic carbocycles. The van der Waals surface area contributed by atoms with E-state index in [0.717, 1.165) is 16.5 Å². The van der Waals surface area contributed by atoms with E-state index in [4.69, 9.17) is 0 Å². The zero-order chi connectivity index (χ0) is 8.81. The molecule has 0 fully saturated rings. The Morgan fingerprint density at radius 3 is 2.75 bits per heavy atom. The molecule has 1 rings (SSSR count). The topological polar surface area (TPSA) is 37.8 Å². The fourth-order valence-electron chi connectivity index (χ4n) is 0.690. The summed E-state index contributed by atoms with van der Waals surface area (Å²) in [6.07, 6.45) is 6.35. The lowest BCUT2D eigenvalue weighted by Crippen LogP contribution is -2.03. The first-order valence-electron chi connectivity index (χ1n) is 3.65. The van der Waals surface area contributed by atoms with Gasteiger partial charge in [0.25, 0.3) is 0 Å². The zero-order valence-electron chi connectivity index (χ0n) is 6.63. The van der Waals surface area contributed by atoms with Crippen LogP contribution in [0.5, 0.6) is 0 Å². The first kappa shape index (κ1) is 9.44. The summed E-state index contributed by atoms with van der Waals surface area (Å²) in [5, 5.41) is 3.08. The number of rotatable bonds is 4. The molecule has 0 saturated heterocycles. The summed E-state index contributed by atoms with van der Waals surface area (Å²) in [7, 11) is 0. The molecule has 3 nitrogen and oxygen atoms in total. The molecule has 1 heterocycles. The minimum Gasteiger partial charge on any atom is -0.354 e. The molecule has 0 amide bonds. The van der Waals surface area contributed by atoms with Crippen LogP contribution < -0.4 is 5.32 Å². The third-order valence-electron chi connectivity index (χ3n) is 1.25. The third kappa shape index (κ3) is 3.17. The Hall–Kier alpha value is -0.650. The van der Waals surface area contributed by atoms with Crippen molar-refractivity contribution in [3.63, 3.8) is 0 Å². The standard InChI is InChI=1S/C8H10IN3/c1-2-3-4-10-8-11-5-7(9)6-12-8/h2,5-6H,1,3-4H2,(H,10,11,12). The van der Waals surface area contributed by atoms with Gasteiger partial charge in [-0.05, 0) is 29.0 Å². The summed E-state index contributed by atoms with van der Waals surface area (Å²) >= 11 is 2.17. The number of anilines is 1. The lowest BCUT2D eigenvalue weighted by Gasteiger charge is -2.00. The van der Waals surface area contributed by atoms with Crippen molar-refractivity contribution in [1.82, 2.24) is 9.97 Å². The van der Waals surface area contributed by atoms with Crippen molar-refractivity contribution in [3.8, 4) is 0 Å². The molecule has 0 unspecified atom stereocenters. The normalized spacial score (nSPS) is 9.42. The van der Waals surface area contributed by atoms with E-state index >= 15 is 0 Å². The Morgan fingerprint density at radius 2 is 2.17 bits per heavy atom. The van der Waals surface area contributed by atoms with E-state index in [9.17, 15) is 0 Å². The van der Waals surface area contributed by atoms with Gasteiger partial charge in [0.2, 0.25) is 5.95 Å². The highest BCUT2D eigenvalue weighted by Crippen LogP contribution is 2.02. The van der Waals surface area contributed by atoms with E-state index in [0.29, 0.717) is 5.95 Å². The van der Waals surface area contributed by atoms with Gasteiger partial charge in [-0.2, -0.15) is 0 Å². The van der Waals surface area contributed by atoms with Gasteiger partial charge in [0.05, 0.1) is 0 Å². The van der Waals surface area contributed by atoms with Gasteiger partial charge in [0.15, 0.2) is 0 Å². The van der Waals surface area contributed by atoms with Crippen LogP contribution in [0.3, 0.4) is 0 Å². The second-order valence-corrected chi connectivity index (χ2v) is 3.47. The molecule has 1 aromatic rings. The molecule has 0 atom stereocenters. The van der Waals surface area contributed by atoms with Crippen LogP contribution >= 0.6 is 22.6 Å². The fourth-order valence-corrected chi connectivity index (χ4v) is 0.968. The van der Waals surface area contributed by atoms with Crippen molar-refractivity contribution in [3.05, 3.63) is 28.6 Å². The van der Waals surface area contributed by atoms with Crippen molar-refractivity contribution in [2.75, 3.05) is 11.9 Å². The molecular weight excluding hydrogens is 265 g/mol. The Bertz CT molecular complexity index is 245. The molecular formula is C8H10IN3. The predicted molar refractivity (Wildman–Crippen MR) is 58.1 cm³/mol. The molecule has 0 bridgehead atoms. The van der Waals surface area contributed by atoms with Crippen molar-refractivity contribution < 1.29 is 0 Å². The predicted octanol–water partition coefficient (Wildman–Crippen LogP) is 2.07. The van der Waals surface area contributed by atoms with Crippen LogP contribution in [-0.4, -0.2) is 16.5 Å². The van der Waals surface area contributed by atoms with Crippen molar-refractivity contribution in [1.29, 1.82) is 0 Å². The van der Waals surface area contributed by atoms with Crippen LogP contribution in [0.25, 0.3) is 0 Å². The molecule has 0 saturated carbocycles. The average molecular weight is 275 g/mol. The van der Waals surface area contributed by atoms with Gasteiger partial charge in [-0.3, -0.25) is 0 Å². The summed E-state index contributed by atoms with van der Waals surface area (Å²) in [6, 6.07) is 0. The quantitative estimate of drug-likeness (QED) is 0.519. The van der Waals surface area contributed by atoms with Crippen LogP contribution in [0.15, 0.2) is 25.0 Å². The second kappa shape index (κ2) is 5.08. The maximum Gasteiger partial charge on any atom is 0.222 e. The van der Waals surface area contributed by atoms with E-state index in [1.165, 1.54) is 0 Å². The number of aromatic nitrogens is 2. The van der Waals surface area contributed by atoms with Crippen molar-refractivity contribution >= 4 is 28.5 Å². The monoisotopic (exact) mass is 275 g/mol. The first-order valence-corrected chi connectivity index (χ1v) is 4.73. The Balaban J connectivity index is 2.42. The minimum atomic E-state index is 0.678. The zero-order valence-corrected chi connectivity index (χ0v) is 8.78. The molecule has 1 N–H and O–H groups in total. The number of hydrogen-bond donors (Lipinski definition) is 1. The highest BCUT2D eigenvalue weighted by Gasteiger charge is 1.92. The van der Waals surface area contributed by atoms with Gasteiger partial charge < -0.3 is 5.32 Å². The maximum atomic E-state index is 4.09. The fraction of sp³-hybridized carbons (Fsp3) is 0.250. The molecule has 0 aliphatic rings. The molecule has 0 aliphatic heterocycles. The Kier molecular flexibility index (Phi) is 3.99. The molecule has 12 heavy (non-hydrogen) atoms. The second-order valence-electron chi connectivity index (χ2n) is 2.23. The van der Waals surface area contributed by atoms with Gasteiger partial charge in [-0.25, -0.2) is 9.97 Å². The van der Waals surface area contributed by atoms with E-state index in [2.05, 4.69) is 44.5 Å². The minimum absolute atomic E-state index is 0.678. The van der Waals surface area contributed by atoms with Gasteiger partial charge in [0, 0.05) is 22.5 Å². The van der Waals surface area contributed by atoms with Gasteiger partial charge in [-0.15, -0.1) is 6.58 Å². The van der Waals surface area contributed by atoms with E-state index in [1.807, 2.05) is 6.08 Å². The van der Waals surface area contributed by atoms with Crippen LogP contribution in [0, 0.1) is 3.57 Å². The highest BCUT2D eigenvalue weighted by molar-refractivity contribution is 14.1. The highest BCUT2D eigenvalue weighted by atomic mass is 127. The molecule has 0 spiro atoms. The third-order valence-corrected chi connectivity index (χ3v) is 1.81. The number of hydrogen-bond acceptors (Lipinski definition) is 3. The maximum absolute atomic E-state index is 4.09. The van der Waals surface area contributed by atoms with Crippen LogP contribution in [0.1, 0.15) is 6.42 Å². The number of nitrogens with zero attached hydrogens (tertiary/aromatic N) is 2. The first-order chi connectivity index (χ1) is 5.83. The summed E-state index contributed by atoms with van der Waals surface area (Å²) in [4.78, 5) is 8.17. The average Bonchev–Trinajstić information content (AvgIpc) is 2.09. The summed E-state index contributed by atoms with van der Waals surface area (Å²) in [5.41, 5.74) is 0. The van der Waals surface area contributed by atoms with Crippen LogP contribution in [0.2, 0.25) is 0 Å². The molecule has 0 radical (unpaired) electrons. The van der Waals surface area contributed by atoms with E-state index in [-0.39, 0.29) is 0 Å². The van der Waals surface area contributed by atoms with Crippen molar-refractivity contribution in [2.45, 2.75) is 6.42 Å². The summed E-state index contributed by atoms with van der Waals surface area (Å²) in [6.45, 7) is 4.46. The molecule has 0 aromatic carbocycles. The SMILES string of the molecule is C=CCCNc1ncc(I)cn1. The lowest BCUT2D eigenvalue weighted by molar-refractivity contribution is 1.01. The number of halogens is 1. The van der Waals surface area contributed by atoms with Gasteiger partial charge in [0.1, 0.15) is 0 Å². The molecule has 4 heteroatoms. The molecule has 1 aromatic heterocycles. The van der Waals surface area contributed by atoms with Crippen molar-refractivity contribution in [2.24, 2.45) is 0 Å². The Labute approximate surface area is 85.5 Å². The van der Waals surface area contributed by atoms with Gasteiger partial charge >= 0.3 is 0 Å². The lowest BCUT2D eigenvalue weighted by atomic mass is 10.4. The van der Waals surface area contributed by atoms with Gasteiger partial charge in [-0.1, -0.05) is 6.08 Å². The Morgan fingerprint density at radius 1 is 1.50 bits per heavy atom. The van der Waals surface area contributed by atoms with E-state index in [1.54, 1.807) is 12.4 Å². The van der Waals surface area contributed by atoms with Crippen LogP contribution in [-0.2, 0) is 0 Å². The molecule has 64 valence electrons. The largest absolute Gasteiger partial charge is 0.354 e. The summed E-state index contributed by atoms with van der Waals surface area (Å²) in [5.74, 6) is 0.678. The number of nitrogens with one attached hydrogen (secondary N) is 1. The smallest absolute Gasteiger partial charge is 0.222 e. The van der Waals surface area contributed by atoms with E-state index < -0.39 is 0 Å². The summed E-state index contributed by atoms with van der Waals surface area (Å²) < 4.78 is 1.04.